The van der Waals surface area contributed by atoms with E-state index < -0.39 is 0 Å². The number of benzene rings is 1. The Hall–Kier alpha value is -1.94. The van der Waals surface area contributed by atoms with Gasteiger partial charge >= 0.3 is 0 Å². The minimum Gasteiger partial charge on any atom is -0.369 e. The fourth-order valence-electron chi connectivity index (χ4n) is 2.14. The molecule has 0 unspecified atom stereocenters. The molecular weight excluding hydrogens is 253 g/mol. The molecule has 3 nitrogen and oxygen atoms in total. The van der Waals surface area contributed by atoms with Gasteiger partial charge in [-0.15, -0.1) is 0 Å². The van der Waals surface area contributed by atoms with Crippen molar-refractivity contribution in [1.82, 2.24) is 4.98 Å². The van der Waals surface area contributed by atoms with Crippen LogP contribution in [0.5, 0.6) is 0 Å². The summed E-state index contributed by atoms with van der Waals surface area (Å²) in [7, 11) is 0. The third-order valence-electron chi connectivity index (χ3n) is 3.19. The van der Waals surface area contributed by atoms with Crippen LogP contribution < -0.4 is 10.6 Å². The molecule has 0 atom stereocenters. The minimum absolute atomic E-state index is 0.189. The smallest absolute Gasteiger partial charge is 0.146 e. The topological polar surface area (TPSA) is 42.1 Å². The monoisotopic (exact) mass is 273 g/mol. The molecule has 106 valence electrons. The summed E-state index contributed by atoms with van der Waals surface area (Å²) in [6, 6.07) is 12.7. The first-order chi connectivity index (χ1) is 9.81. The highest BCUT2D eigenvalue weighted by Crippen LogP contribution is 2.19. The van der Waals surface area contributed by atoms with Gasteiger partial charge in [-0.3, -0.25) is 4.98 Å². The second kappa shape index (κ2) is 7.60. The van der Waals surface area contributed by atoms with Crippen LogP contribution in [0.25, 0.3) is 0 Å². The number of nitrogens with two attached hydrogens (primary N) is 1. The second-order valence-corrected chi connectivity index (χ2v) is 4.65. The van der Waals surface area contributed by atoms with Crippen molar-refractivity contribution in [2.75, 3.05) is 24.5 Å². The van der Waals surface area contributed by atoms with Crippen molar-refractivity contribution in [3.8, 4) is 0 Å². The average Bonchev–Trinajstić information content (AvgIpc) is 2.49. The highest BCUT2D eigenvalue weighted by molar-refractivity contribution is 5.47. The van der Waals surface area contributed by atoms with Crippen molar-refractivity contribution in [3.05, 3.63) is 60.2 Å². The zero-order valence-corrected chi connectivity index (χ0v) is 11.5. The van der Waals surface area contributed by atoms with Gasteiger partial charge in [0.05, 0.1) is 5.69 Å². The number of hydrogen-bond acceptors (Lipinski definition) is 3. The van der Waals surface area contributed by atoms with E-state index in [4.69, 9.17) is 5.73 Å². The lowest BCUT2D eigenvalue weighted by Gasteiger charge is -2.25. The predicted molar refractivity (Wildman–Crippen MR) is 80.2 cm³/mol. The van der Waals surface area contributed by atoms with Crippen molar-refractivity contribution < 1.29 is 4.39 Å². The molecule has 20 heavy (non-hydrogen) atoms. The summed E-state index contributed by atoms with van der Waals surface area (Å²) in [5.74, 6) is -0.189. The van der Waals surface area contributed by atoms with Crippen LogP contribution in [-0.2, 0) is 6.42 Å². The van der Waals surface area contributed by atoms with Crippen LogP contribution >= 0.6 is 0 Å². The molecule has 2 aromatic rings. The zero-order valence-electron chi connectivity index (χ0n) is 11.5. The van der Waals surface area contributed by atoms with Gasteiger partial charge in [-0.1, -0.05) is 18.2 Å². The lowest BCUT2D eigenvalue weighted by Crippen LogP contribution is -2.29. The van der Waals surface area contributed by atoms with E-state index in [-0.39, 0.29) is 5.82 Å². The molecule has 2 rings (SSSR count). The third kappa shape index (κ3) is 4.03. The van der Waals surface area contributed by atoms with E-state index in [1.54, 1.807) is 12.3 Å². The maximum atomic E-state index is 13.9. The summed E-state index contributed by atoms with van der Waals surface area (Å²) in [5, 5.41) is 0. The number of nitrogens with zero attached hydrogens (tertiary/aromatic N) is 2. The van der Waals surface area contributed by atoms with Gasteiger partial charge in [0.1, 0.15) is 5.82 Å². The summed E-state index contributed by atoms with van der Waals surface area (Å²) < 4.78 is 13.9. The number of halogens is 1. The number of para-hydroxylation sites is 1. The van der Waals surface area contributed by atoms with Gasteiger partial charge in [0.15, 0.2) is 0 Å². The largest absolute Gasteiger partial charge is 0.369 e. The Morgan fingerprint density at radius 2 is 1.85 bits per heavy atom. The fourth-order valence-corrected chi connectivity index (χ4v) is 2.14. The highest BCUT2D eigenvalue weighted by Gasteiger charge is 2.10. The Kier molecular flexibility index (Phi) is 5.50. The fraction of sp³-hybridized carbons (Fsp3) is 0.312. The number of pyridine rings is 1. The van der Waals surface area contributed by atoms with Crippen LogP contribution in [-0.4, -0.2) is 24.6 Å². The van der Waals surface area contributed by atoms with Gasteiger partial charge in [0.25, 0.3) is 0 Å². The molecule has 0 fully saturated rings. The molecule has 0 aliphatic heterocycles. The summed E-state index contributed by atoms with van der Waals surface area (Å²) in [6.45, 7) is 2.09. The quantitative estimate of drug-likeness (QED) is 0.843. The summed E-state index contributed by atoms with van der Waals surface area (Å²) in [4.78, 5) is 6.34. The molecule has 4 heteroatoms. The first-order valence-electron chi connectivity index (χ1n) is 6.90. The Balaban J connectivity index is 2.06. The maximum Gasteiger partial charge on any atom is 0.146 e. The summed E-state index contributed by atoms with van der Waals surface area (Å²) in [6.07, 6.45) is 3.42. The molecule has 0 aliphatic carbocycles. The van der Waals surface area contributed by atoms with E-state index in [1.807, 2.05) is 35.2 Å². The zero-order chi connectivity index (χ0) is 14.2. The Bertz CT molecular complexity index is 516. The average molecular weight is 273 g/mol. The van der Waals surface area contributed by atoms with E-state index in [0.717, 1.165) is 31.6 Å². The first-order valence-corrected chi connectivity index (χ1v) is 6.90. The summed E-state index contributed by atoms with van der Waals surface area (Å²) in [5.41, 5.74) is 7.22. The van der Waals surface area contributed by atoms with Crippen molar-refractivity contribution in [2.24, 2.45) is 5.73 Å². The van der Waals surface area contributed by atoms with Crippen molar-refractivity contribution in [3.63, 3.8) is 0 Å². The molecular formula is C16H20FN3. The van der Waals surface area contributed by atoms with Crippen molar-refractivity contribution in [2.45, 2.75) is 12.8 Å². The SMILES string of the molecule is NCCCN(CCc1ccccn1)c1ccccc1F. The van der Waals surface area contributed by atoms with Crippen LogP contribution in [0.4, 0.5) is 10.1 Å². The van der Waals surface area contributed by atoms with E-state index in [0.29, 0.717) is 12.2 Å². The van der Waals surface area contributed by atoms with Crippen molar-refractivity contribution >= 4 is 5.69 Å². The molecule has 0 amide bonds. The van der Waals surface area contributed by atoms with Crippen LogP contribution in [0.3, 0.4) is 0 Å². The van der Waals surface area contributed by atoms with Crippen LogP contribution in [0.15, 0.2) is 48.7 Å². The van der Waals surface area contributed by atoms with Crippen molar-refractivity contribution in [1.29, 1.82) is 0 Å². The first kappa shape index (κ1) is 14.5. The Morgan fingerprint density at radius 3 is 2.55 bits per heavy atom. The van der Waals surface area contributed by atoms with E-state index >= 15 is 0 Å². The van der Waals surface area contributed by atoms with Crippen LogP contribution in [0.1, 0.15) is 12.1 Å². The normalized spacial score (nSPS) is 10.5. The molecule has 0 saturated carbocycles. The number of hydrogen-bond donors (Lipinski definition) is 1. The van der Waals surface area contributed by atoms with Gasteiger partial charge in [0, 0.05) is 31.4 Å². The molecule has 0 bridgehead atoms. The maximum absolute atomic E-state index is 13.9. The van der Waals surface area contributed by atoms with E-state index in [2.05, 4.69) is 4.98 Å². The molecule has 2 N–H and O–H groups in total. The molecule has 1 aromatic carbocycles. The lowest BCUT2D eigenvalue weighted by atomic mass is 10.2. The lowest BCUT2D eigenvalue weighted by molar-refractivity contribution is 0.612. The molecule has 0 spiro atoms. The molecule has 0 aliphatic rings. The van der Waals surface area contributed by atoms with E-state index in [9.17, 15) is 4.39 Å². The molecule has 0 saturated heterocycles. The number of anilines is 1. The highest BCUT2D eigenvalue weighted by atomic mass is 19.1. The van der Waals surface area contributed by atoms with Crippen LogP contribution in [0.2, 0.25) is 0 Å². The molecule has 1 heterocycles. The second-order valence-electron chi connectivity index (χ2n) is 4.65. The standard InChI is InChI=1S/C16H20FN3/c17-15-7-1-2-8-16(15)20(12-5-10-18)13-9-14-6-3-4-11-19-14/h1-4,6-8,11H,5,9-10,12-13,18H2. The Morgan fingerprint density at radius 1 is 1.05 bits per heavy atom. The van der Waals surface area contributed by atoms with Gasteiger partial charge < -0.3 is 10.6 Å². The summed E-state index contributed by atoms with van der Waals surface area (Å²) >= 11 is 0. The minimum atomic E-state index is -0.189. The van der Waals surface area contributed by atoms with Gasteiger partial charge in [-0.2, -0.15) is 0 Å². The molecule has 0 radical (unpaired) electrons. The van der Waals surface area contributed by atoms with Gasteiger partial charge in [-0.25, -0.2) is 4.39 Å². The third-order valence-corrected chi connectivity index (χ3v) is 3.19. The van der Waals surface area contributed by atoms with E-state index in [1.165, 1.54) is 6.07 Å². The number of aromatic nitrogens is 1. The predicted octanol–water partition coefficient (Wildman–Crippen LogP) is 2.62. The Labute approximate surface area is 119 Å². The molecule has 1 aromatic heterocycles. The van der Waals surface area contributed by atoms with Crippen LogP contribution in [0, 0.1) is 5.82 Å². The van der Waals surface area contributed by atoms with Gasteiger partial charge in [-0.05, 0) is 37.2 Å². The number of rotatable bonds is 7. The van der Waals surface area contributed by atoms with Gasteiger partial charge in [0.2, 0.25) is 0 Å².